The van der Waals surface area contributed by atoms with Crippen LogP contribution in [-0.2, 0) is 26.1 Å². The fourth-order valence-corrected chi connectivity index (χ4v) is 6.47. The van der Waals surface area contributed by atoms with Crippen molar-refractivity contribution in [1.82, 2.24) is 19.6 Å². The van der Waals surface area contributed by atoms with Crippen molar-refractivity contribution in [3.63, 3.8) is 0 Å². The largest absolute Gasteiger partial charge is 0.543 e. The lowest BCUT2D eigenvalue weighted by atomic mass is 9.95. The zero-order valence-corrected chi connectivity index (χ0v) is 28.0. The highest BCUT2D eigenvalue weighted by Gasteiger charge is 2.39. The first-order chi connectivity index (χ1) is 19.5. The maximum atomic E-state index is 10.9. The summed E-state index contributed by atoms with van der Waals surface area (Å²) >= 11 is 0. The summed E-state index contributed by atoms with van der Waals surface area (Å²) in [5.41, 5.74) is 2.61. The molecule has 1 atom stereocenters. The molecule has 10 nitrogen and oxygen atoms in total. The summed E-state index contributed by atoms with van der Waals surface area (Å²) in [5.74, 6) is 0.624. The van der Waals surface area contributed by atoms with Gasteiger partial charge < -0.3 is 13.9 Å². The molecule has 0 amide bonds. The third-order valence-electron chi connectivity index (χ3n) is 8.22. The zero-order chi connectivity index (χ0) is 30.8. The second-order valence-electron chi connectivity index (χ2n) is 13.8. The predicted molar refractivity (Wildman–Crippen MR) is 168 cm³/mol. The highest BCUT2D eigenvalue weighted by atomic mass is 32.2. The van der Waals surface area contributed by atoms with Gasteiger partial charge in [-0.05, 0) is 68.4 Å². The van der Waals surface area contributed by atoms with Gasteiger partial charge in [0.2, 0.25) is 8.32 Å². The lowest BCUT2D eigenvalue weighted by molar-refractivity contribution is -0.0365. The van der Waals surface area contributed by atoms with Crippen LogP contribution in [0.25, 0.3) is 22.2 Å². The molecule has 1 unspecified atom stereocenters. The van der Waals surface area contributed by atoms with Crippen molar-refractivity contribution in [1.29, 1.82) is 0 Å². The van der Waals surface area contributed by atoms with E-state index in [9.17, 15) is 8.42 Å². The van der Waals surface area contributed by atoms with Crippen LogP contribution in [0.15, 0.2) is 30.6 Å². The lowest BCUT2D eigenvalue weighted by Crippen LogP contribution is -2.43. The van der Waals surface area contributed by atoms with E-state index in [0.29, 0.717) is 32.6 Å². The van der Waals surface area contributed by atoms with Crippen LogP contribution in [0.2, 0.25) is 18.1 Å². The molecule has 0 bridgehead atoms. The van der Waals surface area contributed by atoms with Crippen molar-refractivity contribution in [3.8, 4) is 17.0 Å². The van der Waals surface area contributed by atoms with Crippen molar-refractivity contribution in [2.45, 2.75) is 97.6 Å². The van der Waals surface area contributed by atoms with Crippen LogP contribution in [0.3, 0.4) is 0 Å². The average molecular weight is 621 g/mol. The number of hydrogen-bond donors (Lipinski definition) is 1. The second kappa shape index (κ2) is 12.8. The average Bonchev–Trinajstić information content (AvgIpc) is 3.49. The van der Waals surface area contributed by atoms with E-state index in [1.807, 2.05) is 21.8 Å². The molecule has 1 aromatic carbocycles. The summed E-state index contributed by atoms with van der Waals surface area (Å²) < 4.78 is 53.2. The van der Waals surface area contributed by atoms with Gasteiger partial charge in [0.1, 0.15) is 11.4 Å². The summed E-state index contributed by atoms with van der Waals surface area (Å²) in [7, 11) is -5.95. The third kappa shape index (κ3) is 8.43. The highest BCUT2D eigenvalue weighted by molar-refractivity contribution is 7.85. The molecular weight excluding hydrogens is 573 g/mol. The van der Waals surface area contributed by atoms with Gasteiger partial charge in [0.05, 0.1) is 24.1 Å². The van der Waals surface area contributed by atoms with Crippen LogP contribution >= 0.6 is 0 Å². The van der Waals surface area contributed by atoms with E-state index >= 15 is 0 Å². The quantitative estimate of drug-likeness (QED) is 0.128. The Morgan fingerprint density at radius 3 is 2.57 bits per heavy atom. The minimum atomic E-state index is -3.92. The van der Waals surface area contributed by atoms with E-state index in [-0.39, 0.29) is 22.4 Å². The Kier molecular flexibility index (Phi) is 9.93. The molecule has 4 rings (SSSR count). The van der Waals surface area contributed by atoms with E-state index in [0.717, 1.165) is 53.8 Å². The molecule has 1 aliphatic heterocycles. The fourth-order valence-electron chi connectivity index (χ4n) is 4.87. The summed E-state index contributed by atoms with van der Waals surface area (Å²) in [6.45, 7) is 17.8. The smallest absolute Gasteiger partial charge is 0.264 e. The van der Waals surface area contributed by atoms with Gasteiger partial charge in [-0.2, -0.15) is 18.6 Å². The molecule has 3 heterocycles. The summed E-state index contributed by atoms with van der Waals surface area (Å²) in [5, 5.41) is 10.9. The van der Waals surface area contributed by atoms with Crippen LogP contribution < -0.4 is 4.43 Å². The molecular formula is C30H48N4O6SSi. The van der Waals surface area contributed by atoms with E-state index < -0.39 is 18.4 Å². The van der Waals surface area contributed by atoms with Crippen molar-refractivity contribution in [2.75, 3.05) is 25.6 Å². The standard InChI is InChI=1S/C30H48N4O6SSi/c1-29(2,3)42(6,7)40-24-13-14-26-25(18-24)28(32-34(26)27-12-8-9-16-39-27)23-19-31-33(20-23)21-30(4,5)22-38-15-10-11-17-41(35,36)37/h13-14,18-20,27H,8-12,15-17,21-22H2,1-7H3,(H,35,36,37). The number of fused-ring (bicyclic) bond motifs is 1. The Hall–Kier alpha value is -2.25. The van der Waals surface area contributed by atoms with Gasteiger partial charge in [-0.15, -0.1) is 0 Å². The maximum absolute atomic E-state index is 10.9. The molecule has 0 saturated carbocycles. The molecule has 1 fully saturated rings. The molecule has 1 saturated heterocycles. The molecule has 2 aromatic heterocycles. The van der Waals surface area contributed by atoms with Crippen LogP contribution in [0.1, 0.15) is 73.0 Å². The molecule has 0 radical (unpaired) electrons. The van der Waals surface area contributed by atoms with Gasteiger partial charge in [-0.25, -0.2) is 4.68 Å². The molecule has 1 N–H and O–H groups in total. The lowest BCUT2D eigenvalue weighted by Gasteiger charge is -2.36. The fraction of sp³-hybridized carbons (Fsp3) is 0.667. The van der Waals surface area contributed by atoms with Gasteiger partial charge >= 0.3 is 0 Å². The van der Waals surface area contributed by atoms with Crippen LogP contribution in [0.5, 0.6) is 5.75 Å². The van der Waals surface area contributed by atoms with E-state index in [1.165, 1.54) is 0 Å². The number of aromatic nitrogens is 4. The second-order valence-corrected chi connectivity index (χ2v) is 20.1. The molecule has 234 valence electrons. The topological polar surface area (TPSA) is 118 Å². The third-order valence-corrected chi connectivity index (χ3v) is 13.4. The number of ether oxygens (including phenoxy) is 2. The zero-order valence-electron chi connectivity index (χ0n) is 26.2. The van der Waals surface area contributed by atoms with Gasteiger partial charge in [0.15, 0.2) is 6.23 Å². The van der Waals surface area contributed by atoms with E-state index in [1.54, 1.807) is 0 Å². The minimum Gasteiger partial charge on any atom is -0.543 e. The van der Waals surface area contributed by atoms with Crippen molar-refractivity contribution >= 4 is 29.3 Å². The normalized spacial score (nSPS) is 17.2. The molecule has 42 heavy (non-hydrogen) atoms. The van der Waals surface area contributed by atoms with Crippen molar-refractivity contribution in [2.24, 2.45) is 5.41 Å². The van der Waals surface area contributed by atoms with Gasteiger partial charge in [0.25, 0.3) is 10.1 Å². The summed E-state index contributed by atoms with van der Waals surface area (Å²) in [6, 6.07) is 6.28. The number of benzene rings is 1. The Bertz CT molecular complexity index is 1450. The Morgan fingerprint density at radius 2 is 1.90 bits per heavy atom. The highest BCUT2D eigenvalue weighted by Crippen LogP contribution is 2.40. The molecule has 3 aromatic rings. The van der Waals surface area contributed by atoms with E-state index in [2.05, 4.69) is 71.0 Å². The first kappa shape index (κ1) is 32.7. The van der Waals surface area contributed by atoms with E-state index in [4.69, 9.17) is 23.6 Å². The monoisotopic (exact) mass is 620 g/mol. The maximum Gasteiger partial charge on any atom is 0.264 e. The Labute approximate surface area is 251 Å². The number of unbranched alkanes of at least 4 members (excludes halogenated alkanes) is 1. The Morgan fingerprint density at radius 1 is 1.14 bits per heavy atom. The molecule has 0 spiro atoms. The number of rotatable bonds is 13. The first-order valence-electron chi connectivity index (χ1n) is 14.9. The number of nitrogens with zero attached hydrogens (tertiary/aromatic N) is 4. The molecule has 0 aliphatic carbocycles. The molecule has 12 heteroatoms. The van der Waals surface area contributed by atoms with Crippen molar-refractivity contribution in [3.05, 3.63) is 30.6 Å². The van der Waals surface area contributed by atoms with Crippen LogP contribution in [0.4, 0.5) is 0 Å². The van der Waals surface area contributed by atoms with Gasteiger partial charge in [0, 0.05) is 42.3 Å². The van der Waals surface area contributed by atoms with Gasteiger partial charge in [-0.3, -0.25) is 9.23 Å². The van der Waals surface area contributed by atoms with Crippen molar-refractivity contribution < 1.29 is 26.9 Å². The predicted octanol–water partition coefficient (Wildman–Crippen LogP) is 6.69. The van der Waals surface area contributed by atoms with Crippen LogP contribution in [0, 0.1) is 5.41 Å². The SMILES string of the molecule is CC(C)(COCCCCS(=O)(=O)O)Cn1cc(-c2nn(C3CCCCO3)c3ccc(O[Si](C)(C)C(C)(C)C)cc23)cn1. The minimum absolute atomic E-state index is 0.0860. The summed E-state index contributed by atoms with van der Waals surface area (Å²) in [6.07, 6.45) is 7.87. The molecule has 1 aliphatic rings. The Balaban J connectivity index is 1.54. The van der Waals surface area contributed by atoms with Gasteiger partial charge in [-0.1, -0.05) is 34.6 Å². The summed E-state index contributed by atoms with van der Waals surface area (Å²) in [4.78, 5) is 0. The van der Waals surface area contributed by atoms with Crippen LogP contribution in [-0.4, -0.2) is 66.4 Å². The number of hydrogen-bond acceptors (Lipinski definition) is 7. The first-order valence-corrected chi connectivity index (χ1v) is 19.5.